The molecule has 0 unspecified atom stereocenters. The number of halogens is 3. The van der Waals surface area contributed by atoms with Crippen LogP contribution in [0.2, 0.25) is 0 Å². The third-order valence-electron chi connectivity index (χ3n) is 18.8. The molecule has 6 aliphatic heterocycles. The van der Waals surface area contributed by atoms with E-state index >= 15 is 13.2 Å². The molecule has 3 amide bonds. The number of methoxy groups -OCH3 is 1. The van der Waals surface area contributed by atoms with Crippen molar-refractivity contribution in [3.63, 3.8) is 0 Å². The van der Waals surface area contributed by atoms with Gasteiger partial charge in [-0.3, -0.25) is 44.3 Å². The van der Waals surface area contributed by atoms with Gasteiger partial charge < -0.3 is 38.8 Å². The number of esters is 1. The maximum atomic E-state index is 15.1. The van der Waals surface area contributed by atoms with E-state index in [4.69, 9.17) is 19.2 Å². The molecule has 8 aliphatic rings. The molecule has 0 bridgehead atoms. The second kappa shape index (κ2) is 23.2. The van der Waals surface area contributed by atoms with Gasteiger partial charge in [-0.25, -0.2) is 5.43 Å². The smallest absolute Gasteiger partial charge is 0.406 e. The SMILES string of the molecule is CO[C@@H](C)c1ncc(N2CCN(C3CC3)CC2)cc1-c1c(CC(C)(C)COC(=O)[C@@H]2CCCN(C(=O)[C@H](C)NC(=O)[C@H](C(C)C)N3CC[C@]4(CCN(C(=O)[C@@H]5N[C@@H]5C5CC5)C4)C3)N2)c2cc(N3CCOCC3)ccc2n1CC(F)(F)F. The van der Waals surface area contributed by atoms with Crippen LogP contribution in [-0.2, 0) is 46.4 Å². The Morgan fingerprint density at radius 3 is 2.30 bits per heavy atom. The number of aromatic nitrogens is 2. The van der Waals surface area contributed by atoms with Crippen LogP contribution in [0.3, 0.4) is 0 Å². The lowest BCUT2D eigenvalue weighted by Crippen LogP contribution is -2.61. The van der Waals surface area contributed by atoms with Crippen molar-refractivity contribution in [2.45, 2.75) is 154 Å². The zero-order valence-corrected chi connectivity index (χ0v) is 48.6. The molecule has 2 aliphatic carbocycles. The van der Waals surface area contributed by atoms with Crippen LogP contribution in [0, 0.1) is 22.7 Å². The fraction of sp³-hybridized carbons (Fsp3) is 0.717. The minimum Gasteiger partial charge on any atom is -0.464 e. The van der Waals surface area contributed by atoms with Crippen molar-refractivity contribution in [1.82, 2.24) is 45.3 Å². The summed E-state index contributed by atoms with van der Waals surface area (Å²) >= 11 is 0. The lowest BCUT2D eigenvalue weighted by molar-refractivity contribution is -0.155. The third-order valence-corrected chi connectivity index (χ3v) is 18.8. The fourth-order valence-electron chi connectivity index (χ4n) is 13.9. The van der Waals surface area contributed by atoms with Crippen LogP contribution in [0.4, 0.5) is 24.5 Å². The van der Waals surface area contributed by atoms with Gasteiger partial charge >= 0.3 is 12.1 Å². The number of carbonyl (C=O) groups excluding carboxylic acids is 4. The van der Waals surface area contributed by atoms with E-state index in [1.165, 1.54) is 35.3 Å². The quantitative estimate of drug-likeness (QED) is 0.0954. The lowest BCUT2D eigenvalue weighted by atomic mass is 9.84. The Balaban J connectivity index is 0.783. The van der Waals surface area contributed by atoms with Crippen molar-refractivity contribution in [2.75, 3.05) is 109 Å². The second-order valence-corrected chi connectivity index (χ2v) is 26.0. The highest BCUT2D eigenvalue weighted by Crippen LogP contribution is 2.46. The number of carbonyl (C=O) groups is 4. The third kappa shape index (κ3) is 12.7. The van der Waals surface area contributed by atoms with E-state index in [-0.39, 0.29) is 48.1 Å². The Labute approximate surface area is 475 Å². The zero-order valence-electron chi connectivity index (χ0n) is 48.6. The number of hydrogen-bond donors (Lipinski definition) is 3. The van der Waals surface area contributed by atoms with E-state index in [1.54, 1.807) is 20.1 Å². The molecule has 444 valence electrons. The summed E-state index contributed by atoms with van der Waals surface area (Å²) in [7, 11) is 1.58. The van der Waals surface area contributed by atoms with Crippen molar-refractivity contribution in [3.05, 3.63) is 41.7 Å². The van der Waals surface area contributed by atoms with Crippen LogP contribution in [0.25, 0.3) is 22.2 Å². The van der Waals surface area contributed by atoms with Gasteiger partial charge in [0.15, 0.2) is 0 Å². The predicted octanol–water partition coefficient (Wildman–Crippen LogP) is 5.91. The first-order chi connectivity index (χ1) is 38.7. The molecule has 2 saturated carbocycles. The van der Waals surface area contributed by atoms with E-state index in [0.717, 1.165) is 63.5 Å². The summed E-state index contributed by atoms with van der Waals surface area (Å²) in [6.45, 7) is 19.1. The number of benzene rings is 1. The number of ether oxygens (including phenoxy) is 3. The van der Waals surface area contributed by atoms with Crippen LogP contribution in [0.15, 0.2) is 30.5 Å². The van der Waals surface area contributed by atoms with E-state index < -0.39 is 48.3 Å². The first-order valence-corrected chi connectivity index (χ1v) is 30.1. The van der Waals surface area contributed by atoms with Gasteiger partial charge in [-0.15, -0.1) is 0 Å². The number of nitrogens with one attached hydrogen (secondary N) is 3. The number of alkyl halides is 3. The Kier molecular flexibility index (Phi) is 16.5. The van der Waals surface area contributed by atoms with Crippen molar-refractivity contribution in [2.24, 2.45) is 22.7 Å². The van der Waals surface area contributed by atoms with Gasteiger partial charge in [-0.1, -0.05) is 27.7 Å². The van der Waals surface area contributed by atoms with Gasteiger partial charge in [0.2, 0.25) is 11.8 Å². The van der Waals surface area contributed by atoms with E-state index in [0.29, 0.717) is 110 Å². The molecule has 7 atom stereocenters. The molecule has 3 N–H and O–H groups in total. The molecule has 81 heavy (non-hydrogen) atoms. The van der Waals surface area contributed by atoms with Crippen molar-refractivity contribution in [3.8, 4) is 11.3 Å². The maximum absolute atomic E-state index is 15.1. The number of hydrogen-bond acceptors (Lipinski definition) is 14. The summed E-state index contributed by atoms with van der Waals surface area (Å²) in [5.41, 5.74) is 6.58. The van der Waals surface area contributed by atoms with Gasteiger partial charge in [0, 0.05) is 118 Å². The first-order valence-electron chi connectivity index (χ1n) is 30.1. The topological polar surface area (TPSA) is 179 Å². The van der Waals surface area contributed by atoms with Crippen LogP contribution in [0.5, 0.6) is 0 Å². The number of hydrazine groups is 1. The summed E-state index contributed by atoms with van der Waals surface area (Å²) in [4.78, 5) is 72.0. The highest BCUT2D eigenvalue weighted by atomic mass is 19.4. The summed E-state index contributed by atoms with van der Waals surface area (Å²) < 4.78 is 64.3. The van der Waals surface area contributed by atoms with Gasteiger partial charge in [0.25, 0.3) is 5.91 Å². The molecule has 21 heteroatoms. The maximum Gasteiger partial charge on any atom is 0.406 e. The van der Waals surface area contributed by atoms with Gasteiger partial charge in [0.05, 0.1) is 55.2 Å². The minimum atomic E-state index is -4.57. The summed E-state index contributed by atoms with van der Waals surface area (Å²) in [5, 5.41) is 8.51. The number of pyridine rings is 1. The molecule has 8 heterocycles. The van der Waals surface area contributed by atoms with Gasteiger partial charge in [-0.2, -0.15) is 13.2 Å². The highest BCUT2D eigenvalue weighted by Gasteiger charge is 2.55. The molecule has 18 nitrogen and oxygen atoms in total. The van der Waals surface area contributed by atoms with Gasteiger partial charge in [0.1, 0.15) is 24.7 Å². The lowest BCUT2D eigenvalue weighted by Gasteiger charge is -2.36. The van der Waals surface area contributed by atoms with Crippen molar-refractivity contribution in [1.29, 1.82) is 0 Å². The van der Waals surface area contributed by atoms with Crippen LogP contribution in [0.1, 0.15) is 110 Å². The standard InChI is InChI=1S/C60H86F3N11O7/c1-37(2)52(71-19-16-59(33-71)17-20-72(34-59)56(77)51-50(66-51)40-10-11-40)54(75)65-38(3)55(76)74-18-8-9-47(67-74)57(78)81-36-58(5,6)31-46-44-29-42(70-25-27-80-28-26-70)14-15-48(44)73(35-60(61,62)63)53(46)45-30-43(32-64-49(45)39(4)79-7)69-23-21-68(22-24-69)41-12-13-41/h14-15,29-30,32,37-41,47,50-52,66-67H,8-13,16-28,31,33-36H2,1-7H3,(H,65,75)/t38-,39-,47-,50+,51+,52-,59-/m0/s1. The van der Waals surface area contributed by atoms with Gasteiger partial charge in [-0.05, 0) is 120 Å². The molecular formula is C60H86F3N11O7. The van der Waals surface area contributed by atoms with Crippen molar-refractivity contribution >= 4 is 46.0 Å². The summed E-state index contributed by atoms with van der Waals surface area (Å²) in [6, 6.07) is 6.41. The minimum absolute atomic E-state index is 0.0337. The molecule has 8 fully saturated rings. The number of amides is 3. The monoisotopic (exact) mass is 1130 g/mol. The van der Waals surface area contributed by atoms with E-state index in [1.807, 2.05) is 63.9 Å². The number of fused-ring (bicyclic) bond motifs is 1. The highest BCUT2D eigenvalue weighted by molar-refractivity contribution is 5.95. The largest absolute Gasteiger partial charge is 0.464 e. The summed E-state index contributed by atoms with van der Waals surface area (Å²) in [6.07, 6.45) is 4.52. The zero-order chi connectivity index (χ0) is 57.1. The Hall–Kier alpha value is -5.06. The normalized spacial score (nSPS) is 26.2. The molecule has 0 radical (unpaired) electrons. The molecule has 11 rings (SSSR count). The molecule has 2 aromatic heterocycles. The molecular weight excluding hydrogens is 1040 g/mol. The number of nitrogens with zero attached hydrogens (tertiary/aromatic N) is 8. The predicted molar refractivity (Wildman–Crippen MR) is 302 cm³/mol. The number of anilines is 2. The first kappa shape index (κ1) is 57.7. The molecule has 3 aromatic rings. The van der Waals surface area contributed by atoms with Crippen LogP contribution >= 0.6 is 0 Å². The summed E-state index contributed by atoms with van der Waals surface area (Å²) in [5.74, 6) is -0.318. The van der Waals surface area contributed by atoms with Crippen molar-refractivity contribution < 1.29 is 46.6 Å². The molecule has 6 saturated heterocycles. The van der Waals surface area contributed by atoms with Crippen LogP contribution < -0.4 is 25.9 Å². The molecule has 1 aromatic carbocycles. The Morgan fingerprint density at radius 2 is 1.60 bits per heavy atom. The number of morpholine rings is 1. The van der Waals surface area contributed by atoms with Crippen LogP contribution in [-0.4, -0.2) is 194 Å². The average Bonchev–Trinajstić information content (AvgIpc) is 4.53. The number of rotatable bonds is 19. The number of piperazine rings is 1. The fourth-order valence-corrected chi connectivity index (χ4v) is 13.9. The second-order valence-electron chi connectivity index (χ2n) is 26.0. The Bertz CT molecular complexity index is 2810. The van der Waals surface area contributed by atoms with E-state index in [2.05, 4.69) is 35.7 Å². The number of likely N-dealkylation sites (tertiary alicyclic amines) is 2. The van der Waals surface area contributed by atoms with E-state index in [9.17, 15) is 19.2 Å². The Morgan fingerprint density at radius 1 is 0.877 bits per heavy atom. The molecule has 1 spiro atoms. The average molecular weight is 1130 g/mol.